The number of likely N-dealkylation sites (N-methyl/N-ethyl adjacent to an activating group) is 1. The van der Waals surface area contributed by atoms with Gasteiger partial charge in [-0.2, -0.15) is 9.78 Å². The zero-order valence-electron chi connectivity index (χ0n) is 15.3. The average Bonchev–Trinajstić information content (AvgIpc) is 2.64. The van der Waals surface area contributed by atoms with Crippen molar-refractivity contribution in [2.75, 3.05) is 25.1 Å². The molecule has 1 heterocycles. The number of nitrogens with zero attached hydrogens (tertiary/aromatic N) is 3. The minimum atomic E-state index is -0.904. The normalized spacial score (nSPS) is 10.8. The largest absolute Gasteiger partial charge is 0.492 e. The number of ether oxygens (including phenoxy) is 1. The predicted octanol–water partition coefficient (Wildman–Crippen LogP) is 3.99. The minimum absolute atomic E-state index is 0.114. The van der Waals surface area contributed by atoms with Crippen molar-refractivity contribution >= 4 is 17.3 Å². The Morgan fingerprint density at radius 2 is 2.00 bits per heavy atom. The van der Waals surface area contributed by atoms with Gasteiger partial charge in [0.25, 0.3) is 5.56 Å². The van der Waals surface area contributed by atoms with Crippen LogP contribution >= 0.6 is 11.6 Å². The Balaban J connectivity index is 1.75. The molecule has 0 amide bonds. The molecule has 146 valence electrons. The lowest BCUT2D eigenvalue weighted by molar-refractivity contribution is 0.325. The number of hydrogen-bond acceptors (Lipinski definition) is 4. The van der Waals surface area contributed by atoms with Gasteiger partial charge in [0.1, 0.15) is 28.9 Å². The summed E-state index contributed by atoms with van der Waals surface area (Å²) in [5, 5.41) is 3.86. The van der Waals surface area contributed by atoms with Crippen molar-refractivity contribution in [1.29, 1.82) is 0 Å². The summed E-state index contributed by atoms with van der Waals surface area (Å²) in [5.41, 5.74) is 0.606. The third kappa shape index (κ3) is 4.31. The van der Waals surface area contributed by atoms with E-state index in [1.807, 2.05) is 31.2 Å². The van der Waals surface area contributed by atoms with Crippen LogP contribution in [0.1, 0.15) is 5.56 Å². The highest BCUT2D eigenvalue weighted by Crippen LogP contribution is 2.21. The van der Waals surface area contributed by atoms with E-state index in [0.717, 1.165) is 28.1 Å². The predicted molar refractivity (Wildman–Crippen MR) is 105 cm³/mol. The fourth-order valence-corrected chi connectivity index (χ4v) is 2.91. The molecule has 3 rings (SSSR count). The van der Waals surface area contributed by atoms with Gasteiger partial charge in [0.2, 0.25) is 0 Å². The summed E-state index contributed by atoms with van der Waals surface area (Å²) in [6.45, 7) is 2.79. The molecule has 2 aromatic carbocycles. The van der Waals surface area contributed by atoms with Crippen LogP contribution in [0.3, 0.4) is 0 Å². The van der Waals surface area contributed by atoms with Crippen molar-refractivity contribution < 1.29 is 13.5 Å². The van der Waals surface area contributed by atoms with Crippen molar-refractivity contribution in [2.24, 2.45) is 0 Å². The number of benzene rings is 2. The van der Waals surface area contributed by atoms with Gasteiger partial charge in [-0.15, -0.1) is 0 Å². The maximum atomic E-state index is 14.0. The molecule has 0 atom stereocenters. The summed E-state index contributed by atoms with van der Waals surface area (Å²) in [4.78, 5) is 14.2. The molecule has 0 bridgehead atoms. The lowest BCUT2D eigenvalue weighted by Crippen LogP contribution is -2.29. The molecule has 0 saturated heterocycles. The monoisotopic (exact) mass is 405 g/mol. The lowest BCUT2D eigenvalue weighted by atomic mass is 10.2. The summed E-state index contributed by atoms with van der Waals surface area (Å²) in [6, 6.07) is 10.5. The zero-order chi connectivity index (χ0) is 20.3. The van der Waals surface area contributed by atoms with Crippen molar-refractivity contribution in [3.63, 3.8) is 0 Å². The van der Waals surface area contributed by atoms with Crippen LogP contribution in [-0.4, -0.2) is 30.0 Å². The molecular weight excluding hydrogens is 388 g/mol. The topological polar surface area (TPSA) is 47.4 Å². The molecule has 0 aliphatic heterocycles. The van der Waals surface area contributed by atoms with Gasteiger partial charge >= 0.3 is 0 Å². The van der Waals surface area contributed by atoms with Crippen LogP contribution in [0.4, 0.5) is 14.5 Å². The number of anilines is 1. The molecule has 1 aromatic heterocycles. The Labute approximate surface area is 165 Å². The first kappa shape index (κ1) is 19.8. The van der Waals surface area contributed by atoms with Gasteiger partial charge in [0.05, 0.1) is 18.4 Å². The van der Waals surface area contributed by atoms with Crippen LogP contribution in [0.25, 0.3) is 5.69 Å². The van der Waals surface area contributed by atoms with E-state index in [1.165, 1.54) is 6.20 Å². The number of aryl methyl sites for hydroxylation is 1. The minimum Gasteiger partial charge on any atom is -0.492 e. The van der Waals surface area contributed by atoms with E-state index in [0.29, 0.717) is 24.9 Å². The molecule has 0 N–H and O–H groups in total. The van der Waals surface area contributed by atoms with E-state index in [4.69, 9.17) is 16.3 Å². The highest BCUT2D eigenvalue weighted by Gasteiger charge is 2.16. The number of hydrogen-bond donors (Lipinski definition) is 0. The molecule has 0 aliphatic carbocycles. The van der Waals surface area contributed by atoms with Crippen LogP contribution < -0.4 is 15.2 Å². The molecule has 8 heteroatoms. The number of halogens is 3. The van der Waals surface area contributed by atoms with Crippen molar-refractivity contribution in [3.05, 3.63) is 81.2 Å². The second-order valence-electron chi connectivity index (χ2n) is 6.24. The standard InChI is InChI=1S/C20H18ClF2N3O2/c1-13-4-3-5-15(10-13)28-9-8-25(2)18-12-24-26(20(27)19(18)21)17-7-6-14(22)11-16(17)23/h3-7,10-12H,8-9H2,1-2H3. The van der Waals surface area contributed by atoms with E-state index in [1.54, 1.807) is 11.9 Å². The van der Waals surface area contributed by atoms with Gasteiger partial charge in [0.15, 0.2) is 5.82 Å². The van der Waals surface area contributed by atoms with Gasteiger partial charge in [-0.05, 0) is 36.8 Å². The van der Waals surface area contributed by atoms with Crippen molar-refractivity contribution in [2.45, 2.75) is 6.92 Å². The van der Waals surface area contributed by atoms with Crippen molar-refractivity contribution in [1.82, 2.24) is 9.78 Å². The Bertz CT molecular complexity index is 1060. The molecule has 28 heavy (non-hydrogen) atoms. The van der Waals surface area contributed by atoms with E-state index in [2.05, 4.69) is 5.10 Å². The smallest absolute Gasteiger partial charge is 0.292 e. The summed E-state index contributed by atoms with van der Waals surface area (Å²) < 4.78 is 33.5. The molecule has 3 aromatic rings. The second kappa shape index (κ2) is 8.39. The summed E-state index contributed by atoms with van der Waals surface area (Å²) in [6.07, 6.45) is 1.36. The fraction of sp³-hybridized carbons (Fsp3) is 0.200. The van der Waals surface area contributed by atoms with Gasteiger partial charge in [-0.3, -0.25) is 4.79 Å². The summed E-state index contributed by atoms with van der Waals surface area (Å²) >= 11 is 6.19. The average molecular weight is 406 g/mol. The maximum absolute atomic E-state index is 14.0. The molecular formula is C20H18ClF2N3O2. The Morgan fingerprint density at radius 1 is 1.21 bits per heavy atom. The van der Waals surface area contributed by atoms with Crippen LogP contribution in [0.15, 0.2) is 53.5 Å². The number of rotatable bonds is 6. The van der Waals surface area contributed by atoms with Crippen LogP contribution in [-0.2, 0) is 0 Å². The molecule has 0 aliphatic rings. The zero-order valence-corrected chi connectivity index (χ0v) is 16.1. The first-order chi connectivity index (χ1) is 13.4. The van der Waals surface area contributed by atoms with Crippen LogP contribution in [0, 0.1) is 18.6 Å². The van der Waals surface area contributed by atoms with E-state index >= 15 is 0 Å². The van der Waals surface area contributed by atoms with Crippen LogP contribution in [0.2, 0.25) is 5.02 Å². The Kier molecular flexibility index (Phi) is 5.94. The molecule has 0 saturated carbocycles. The fourth-order valence-electron chi connectivity index (χ4n) is 2.64. The van der Waals surface area contributed by atoms with Gasteiger partial charge in [-0.1, -0.05) is 23.7 Å². The van der Waals surface area contributed by atoms with Gasteiger partial charge in [-0.25, -0.2) is 8.78 Å². The Morgan fingerprint density at radius 3 is 2.71 bits per heavy atom. The molecule has 0 fully saturated rings. The Hall–Kier alpha value is -2.93. The molecule has 0 unspecified atom stereocenters. The van der Waals surface area contributed by atoms with E-state index < -0.39 is 17.2 Å². The third-order valence-electron chi connectivity index (χ3n) is 4.13. The molecule has 5 nitrogen and oxygen atoms in total. The van der Waals surface area contributed by atoms with Crippen molar-refractivity contribution in [3.8, 4) is 11.4 Å². The van der Waals surface area contributed by atoms with Crippen LogP contribution in [0.5, 0.6) is 5.75 Å². The maximum Gasteiger partial charge on any atom is 0.292 e. The van der Waals surface area contributed by atoms with E-state index in [-0.39, 0.29) is 10.7 Å². The highest BCUT2D eigenvalue weighted by molar-refractivity contribution is 6.33. The number of aromatic nitrogens is 2. The van der Waals surface area contributed by atoms with Gasteiger partial charge < -0.3 is 9.64 Å². The summed E-state index contributed by atoms with van der Waals surface area (Å²) in [7, 11) is 1.74. The molecule has 0 spiro atoms. The lowest BCUT2D eigenvalue weighted by Gasteiger charge is -2.20. The van der Waals surface area contributed by atoms with Gasteiger partial charge in [0, 0.05) is 13.1 Å². The molecule has 0 radical (unpaired) electrons. The highest BCUT2D eigenvalue weighted by atomic mass is 35.5. The first-order valence-corrected chi connectivity index (χ1v) is 8.88. The van der Waals surface area contributed by atoms with E-state index in [9.17, 15) is 13.6 Å². The SMILES string of the molecule is Cc1cccc(OCCN(C)c2cnn(-c3ccc(F)cc3F)c(=O)c2Cl)c1. The third-order valence-corrected chi connectivity index (χ3v) is 4.49. The first-order valence-electron chi connectivity index (χ1n) is 8.50. The second-order valence-corrected chi connectivity index (χ2v) is 6.62. The summed E-state index contributed by atoms with van der Waals surface area (Å²) in [5.74, 6) is -0.900. The quantitative estimate of drug-likeness (QED) is 0.622.